The summed E-state index contributed by atoms with van der Waals surface area (Å²) in [7, 11) is -2.37. The summed E-state index contributed by atoms with van der Waals surface area (Å²) in [6.45, 7) is 5.70. The number of benzene rings is 4. The van der Waals surface area contributed by atoms with Crippen LogP contribution in [0.1, 0.15) is 47.8 Å². The SMILES string of the molecule is CC(C)(C)[C@@H](C[P+](Cc1ccccc1)(c1ccccc1)c1ccccc1)NC(=O)c1cc(C(F)(F)F)cc(C(F)(F)F)c1. The third kappa shape index (κ3) is 7.85. The lowest BCUT2D eigenvalue weighted by molar-refractivity contribution is -0.143. The second kappa shape index (κ2) is 12.5. The predicted molar refractivity (Wildman–Crippen MR) is 161 cm³/mol. The molecule has 0 aliphatic rings. The lowest BCUT2D eigenvalue weighted by Gasteiger charge is -2.37. The van der Waals surface area contributed by atoms with Gasteiger partial charge in [0.2, 0.25) is 0 Å². The number of hydrogen-bond donors (Lipinski definition) is 1. The molecule has 0 radical (unpaired) electrons. The Morgan fingerprint density at radius 1 is 0.674 bits per heavy atom. The van der Waals surface area contributed by atoms with Crippen LogP contribution in [0.4, 0.5) is 26.3 Å². The van der Waals surface area contributed by atoms with Gasteiger partial charge in [0, 0.05) is 5.56 Å². The summed E-state index contributed by atoms with van der Waals surface area (Å²) in [5.41, 5.74) is -3.27. The highest BCUT2D eigenvalue weighted by Gasteiger charge is 2.48. The van der Waals surface area contributed by atoms with E-state index in [9.17, 15) is 31.1 Å². The van der Waals surface area contributed by atoms with Gasteiger partial charge in [0.15, 0.2) is 0 Å². The van der Waals surface area contributed by atoms with Crippen LogP contribution in [-0.4, -0.2) is 18.1 Å². The summed E-state index contributed by atoms with van der Waals surface area (Å²) < 4.78 is 81.4. The number of halogens is 6. The Hall–Kier alpha value is -3.64. The first-order valence-electron chi connectivity index (χ1n) is 13.7. The number of amides is 1. The molecule has 0 aromatic heterocycles. The first kappa shape index (κ1) is 32.3. The fourth-order valence-corrected chi connectivity index (χ4v) is 9.90. The van der Waals surface area contributed by atoms with E-state index in [1.807, 2.05) is 112 Å². The Kier molecular flexibility index (Phi) is 9.41. The topological polar surface area (TPSA) is 29.1 Å². The van der Waals surface area contributed by atoms with Crippen molar-refractivity contribution in [1.29, 1.82) is 0 Å². The maximum Gasteiger partial charge on any atom is 0.416 e. The molecule has 4 aromatic rings. The van der Waals surface area contributed by atoms with Crippen LogP contribution in [0.15, 0.2) is 109 Å². The van der Waals surface area contributed by atoms with Gasteiger partial charge in [-0.3, -0.25) is 4.79 Å². The van der Waals surface area contributed by atoms with Crippen LogP contribution in [0.5, 0.6) is 0 Å². The minimum absolute atomic E-state index is 0.0270. The maximum atomic E-state index is 13.6. The molecule has 0 heterocycles. The molecule has 43 heavy (non-hydrogen) atoms. The van der Waals surface area contributed by atoms with Crippen molar-refractivity contribution in [3.05, 3.63) is 131 Å². The second-order valence-corrected chi connectivity index (χ2v) is 15.3. The van der Waals surface area contributed by atoms with E-state index in [0.717, 1.165) is 16.2 Å². The van der Waals surface area contributed by atoms with E-state index in [0.29, 0.717) is 24.5 Å². The molecule has 0 fully saturated rings. The summed E-state index contributed by atoms with van der Waals surface area (Å²) in [6.07, 6.45) is -9.05. The zero-order chi connectivity index (χ0) is 31.5. The van der Waals surface area contributed by atoms with Gasteiger partial charge in [0.1, 0.15) is 0 Å². The smallest absolute Gasteiger partial charge is 0.345 e. The monoisotopic (exact) mass is 616 g/mol. The highest BCUT2D eigenvalue weighted by atomic mass is 31.2. The number of rotatable bonds is 8. The maximum absolute atomic E-state index is 13.6. The van der Waals surface area contributed by atoms with E-state index in [1.54, 1.807) is 0 Å². The predicted octanol–water partition coefficient (Wildman–Crippen LogP) is 8.74. The highest BCUT2D eigenvalue weighted by molar-refractivity contribution is 7.88. The summed E-state index contributed by atoms with van der Waals surface area (Å²) in [5.74, 6) is -0.990. The molecule has 0 aliphatic carbocycles. The van der Waals surface area contributed by atoms with Gasteiger partial charge in [0.25, 0.3) is 5.91 Å². The molecule has 1 amide bonds. The average molecular weight is 617 g/mol. The minimum atomic E-state index is -5.06. The van der Waals surface area contributed by atoms with Crippen LogP contribution in [0.2, 0.25) is 0 Å². The second-order valence-electron chi connectivity index (χ2n) is 11.7. The third-order valence-corrected chi connectivity index (χ3v) is 12.0. The van der Waals surface area contributed by atoms with Gasteiger partial charge in [-0.2, -0.15) is 26.3 Å². The largest absolute Gasteiger partial charge is 0.416 e. The number of carbonyl (C=O) groups excluding carboxylic acids is 1. The van der Waals surface area contributed by atoms with Crippen molar-refractivity contribution >= 4 is 23.8 Å². The third-order valence-electron chi connectivity index (χ3n) is 7.49. The molecule has 1 atom stereocenters. The van der Waals surface area contributed by atoms with E-state index in [-0.39, 0.29) is 6.07 Å². The van der Waals surface area contributed by atoms with Gasteiger partial charge in [-0.25, -0.2) is 0 Å². The number of alkyl halides is 6. The van der Waals surface area contributed by atoms with Gasteiger partial charge >= 0.3 is 12.4 Å². The quantitative estimate of drug-likeness (QED) is 0.156. The van der Waals surface area contributed by atoms with Gasteiger partial charge in [-0.15, -0.1) is 0 Å². The molecule has 4 rings (SSSR count). The Morgan fingerprint density at radius 2 is 1.09 bits per heavy atom. The molecule has 226 valence electrons. The first-order valence-corrected chi connectivity index (χ1v) is 15.9. The van der Waals surface area contributed by atoms with E-state index >= 15 is 0 Å². The normalized spacial score (nSPS) is 13.4. The summed E-state index contributed by atoms with van der Waals surface area (Å²) in [6, 6.07) is 30.1. The van der Waals surface area contributed by atoms with E-state index in [2.05, 4.69) is 5.32 Å². The molecule has 1 N–H and O–H groups in total. The standard InChI is InChI=1S/C34H32F6NOP/c1-32(2,3)30(41-31(42)25-19-26(33(35,36)37)21-27(20-25)34(38,39)40)23-43(28-15-9-5-10-16-28,29-17-11-6-12-18-29)22-24-13-7-4-8-14-24/h4-21,30H,22-23H2,1-3H3/p+1/t30-/m1/s1. The molecule has 2 nitrogen and oxygen atoms in total. The Bertz CT molecular complexity index is 1440. The Labute approximate surface area is 248 Å². The summed E-state index contributed by atoms with van der Waals surface area (Å²) in [4.78, 5) is 13.5. The van der Waals surface area contributed by atoms with E-state index in [4.69, 9.17) is 0 Å². The number of carbonyl (C=O) groups is 1. The van der Waals surface area contributed by atoms with E-state index in [1.165, 1.54) is 0 Å². The van der Waals surface area contributed by atoms with Gasteiger partial charge in [-0.05, 0) is 53.4 Å². The number of nitrogens with one attached hydrogen (secondary N) is 1. The Balaban J connectivity index is 1.84. The molecular weight excluding hydrogens is 583 g/mol. The molecule has 0 spiro atoms. The molecular formula is C34H33F6NOP+. The molecule has 0 bridgehead atoms. The van der Waals surface area contributed by atoms with Gasteiger partial charge < -0.3 is 5.32 Å². The highest BCUT2D eigenvalue weighted by Crippen LogP contribution is 2.60. The van der Waals surface area contributed by atoms with Crippen LogP contribution in [0.3, 0.4) is 0 Å². The summed E-state index contributed by atoms with van der Waals surface area (Å²) in [5, 5.41) is 5.02. The summed E-state index contributed by atoms with van der Waals surface area (Å²) >= 11 is 0. The molecule has 0 saturated heterocycles. The van der Waals surface area contributed by atoms with Crippen molar-refractivity contribution in [1.82, 2.24) is 5.32 Å². The van der Waals surface area contributed by atoms with Crippen LogP contribution in [0, 0.1) is 5.41 Å². The molecule has 0 unspecified atom stereocenters. The Morgan fingerprint density at radius 3 is 1.49 bits per heavy atom. The zero-order valence-electron chi connectivity index (χ0n) is 24.0. The zero-order valence-corrected chi connectivity index (χ0v) is 24.9. The molecule has 0 aliphatic heterocycles. The number of hydrogen-bond acceptors (Lipinski definition) is 1. The van der Waals surface area contributed by atoms with Crippen molar-refractivity contribution < 1.29 is 31.1 Å². The molecule has 0 saturated carbocycles. The van der Waals surface area contributed by atoms with Crippen LogP contribution in [0.25, 0.3) is 0 Å². The fourth-order valence-electron chi connectivity index (χ4n) is 5.10. The minimum Gasteiger partial charge on any atom is -0.345 e. The van der Waals surface area contributed by atoms with Crippen molar-refractivity contribution in [2.24, 2.45) is 5.41 Å². The van der Waals surface area contributed by atoms with Crippen molar-refractivity contribution in [3.63, 3.8) is 0 Å². The van der Waals surface area contributed by atoms with Gasteiger partial charge in [0.05, 0.1) is 47.4 Å². The van der Waals surface area contributed by atoms with Gasteiger partial charge in [-0.1, -0.05) is 87.5 Å². The van der Waals surface area contributed by atoms with Crippen LogP contribution >= 0.6 is 7.26 Å². The van der Waals surface area contributed by atoms with Crippen molar-refractivity contribution in [3.8, 4) is 0 Å². The van der Waals surface area contributed by atoms with Crippen molar-refractivity contribution in [2.75, 3.05) is 6.16 Å². The van der Waals surface area contributed by atoms with Crippen LogP contribution in [-0.2, 0) is 18.5 Å². The fraction of sp³-hybridized carbons (Fsp3) is 0.265. The molecule has 9 heteroatoms. The lowest BCUT2D eigenvalue weighted by atomic mass is 9.87. The first-order chi connectivity index (χ1) is 20.1. The van der Waals surface area contributed by atoms with Crippen LogP contribution < -0.4 is 15.9 Å². The molecule has 4 aromatic carbocycles. The van der Waals surface area contributed by atoms with Crippen molar-refractivity contribution in [2.45, 2.75) is 45.3 Å². The average Bonchev–Trinajstić information content (AvgIpc) is 2.96. The lowest BCUT2D eigenvalue weighted by Crippen LogP contribution is -2.48. The van der Waals surface area contributed by atoms with E-state index < -0.39 is 53.7 Å².